The zero-order chi connectivity index (χ0) is 20.9. The molecule has 2 aromatic rings. The summed E-state index contributed by atoms with van der Waals surface area (Å²) in [5.74, 6) is -2.15. The number of halogens is 1. The van der Waals surface area contributed by atoms with Crippen LogP contribution in [0.4, 0.5) is 4.39 Å². The van der Waals surface area contributed by atoms with Crippen molar-refractivity contribution in [1.82, 2.24) is 15.2 Å². The minimum absolute atomic E-state index is 0.0332. The molecule has 8 nitrogen and oxygen atoms in total. The number of nitrogens with one attached hydrogen (secondary N) is 2. The van der Waals surface area contributed by atoms with Crippen molar-refractivity contribution in [3.63, 3.8) is 0 Å². The number of benzene rings is 2. The Labute approximate surface area is 162 Å². The van der Waals surface area contributed by atoms with Crippen molar-refractivity contribution in [2.45, 2.75) is 17.9 Å². The highest BCUT2D eigenvalue weighted by atomic mass is 32.2. The number of hydrogen-bond acceptors (Lipinski definition) is 5. The number of amides is 2. The van der Waals surface area contributed by atoms with Crippen molar-refractivity contribution < 1.29 is 27.1 Å². The van der Waals surface area contributed by atoms with Crippen molar-refractivity contribution in [3.8, 4) is 5.75 Å². The molecule has 0 radical (unpaired) electrons. The van der Waals surface area contributed by atoms with Crippen LogP contribution in [0.3, 0.4) is 0 Å². The minimum Gasteiger partial charge on any atom is -0.478 e. The summed E-state index contributed by atoms with van der Waals surface area (Å²) in [6.07, 6.45) is -1.09. The fourth-order valence-electron chi connectivity index (χ4n) is 2.09. The van der Waals surface area contributed by atoms with Crippen LogP contribution in [0.1, 0.15) is 17.3 Å². The lowest BCUT2D eigenvalue weighted by atomic mass is 10.2. The first kappa shape index (κ1) is 21.3. The molecule has 2 amide bonds. The molecule has 1 atom stereocenters. The summed E-state index contributed by atoms with van der Waals surface area (Å²) in [4.78, 5) is 24.2. The van der Waals surface area contributed by atoms with Gasteiger partial charge in [-0.25, -0.2) is 17.1 Å². The first-order valence-corrected chi connectivity index (χ1v) is 9.61. The molecular formula is C18H20FN3O5S. The van der Waals surface area contributed by atoms with E-state index in [4.69, 9.17) is 4.74 Å². The standard InChI is InChI=1S/C18H20FN3O5S/c1-12(27-16-10-5-4-9-15(16)19)17(23)20-21-18(24)13-7-6-8-14(11-13)28(25,26)22(2)3/h4-12H,1-3H3,(H,20,23)(H,21,24)/t12-/m0/s1. The fraction of sp³-hybridized carbons (Fsp3) is 0.222. The maximum Gasteiger partial charge on any atom is 0.279 e. The number of ether oxygens (including phenoxy) is 1. The van der Waals surface area contributed by atoms with Crippen LogP contribution < -0.4 is 15.6 Å². The van der Waals surface area contributed by atoms with Crippen molar-refractivity contribution in [2.75, 3.05) is 14.1 Å². The van der Waals surface area contributed by atoms with Crippen LogP contribution in [0.2, 0.25) is 0 Å². The van der Waals surface area contributed by atoms with E-state index in [-0.39, 0.29) is 16.2 Å². The van der Waals surface area contributed by atoms with Crippen molar-refractivity contribution in [1.29, 1.82) is 0 Å². The van der Waals surface area contributed by atoms with E-state index in [2.05, 4.69) is 10.9 Å². The summed E-state index contributed by atoms with van der Waals surface area (Å²) in [6.45, 7) is 1.39. The Bertz CT molecular complexity index is 979. The third-order valence-electron chi connectivity index (χ3n) is 3.68. The second-order valence-corrected chi connectivity index (χ2v) is 8.10. The van der Waals surface area contributed by atoms with Crippen molar-refractivity contribution in [3.05, 3.63) is 59.9 Å². The number of rotatable bonds is 6. The molecular weight excluding hydrogens is 389 g/mol. The number of carbonyl (C=O) groups excluding carboxylic acids is 2. The zero-order valence-corrected chi connectivity index (χ0v) is 16.3. The van der Waals surface area contributed by atoms with Gasteiger partial charge in [-0.2, -0.15) is 0 Å². The largest absolute Gasteiger partial charge is 0.478 e. The Balaban J connectivity index is 2.00. The molecule has 0 saturated heterocycles. The first-order valence-electron chi connectivity index (χ1n) is 8.17. The van der Waals surface area contributed by atoms with E-state index in [1.807, 2.05) is 0 Å². The molecule has 0 aromatic heterocycles. The molecule has 0 aliphatic heterocycles. The number of hydrazine groups is 1. The second-order valence-electron chi connectivity index (χ2n) is 5.95. The molecule has 0 saturated carbocycles. The normalized spacial score (nSPS) is 12.3. The van der Waals surface area contributed by atoms with Crippen LogP contribution in [0, 0.1) is 5.82 Å². The highest BCUT2D eigenvalue weighted by Gasteiger charge is 2.20. The van der Waals surface area contributed by atoms with Crippen LogP contribution in [-0.4, -0.2) is 44.7 Å². The number of sulfonamides is 1. The average Bonchev–Trinajstić information content (AvgIpc) is 2.67. The van der Waals surface area contributed by atoms with Crippen LogP contribution >= 0.6 is 0 Å². The Morgan fingerprint density at radius 3 is 2.39 bits per heavy atom. The maximum atomic E-state index is 13.6. The van der Waals surface area contributed by atoms with E-state index < -0.39 is 33.8 Å². The smallest absolute Gasteiger partial charge is 0.279 e. The average molecular weight is 409 g/mol. The van der Waals surface area contributed by atoms with Gasteiger partial charge in [0.15, 0.2) is 17.7 Å². The second kappa shape index (κ2) is 8.81. The highest BCUT2D eigenvalue weighted by Crippen LogP contribution is 2.17. The lowest BCUT2D eigenvalue weighted by Crippen LogP contribution is -2.47. The van der Waals surface area contributed by atoms with Gasteiger partial charge < -0.3 is 4.74 Å². The third kappa shape index (κ3) is 5.05. The predicted octanol–water partition coefficient (Wildman–Crippen LogP) is 1.30. The van der Waals surface area contributed by atoms with Gasteiger partial charge in [-0.3, -0.25) is 20.4 Å². The summed E-state index contributed by atoms with van der Waals surface area (Å²) in [5, 5.41) is 0. The Morgan fingerprint density at radius 1 is 1.07 bits per heavy atom. The van der Waals surface area contributed by atoms with Crippen LogP contribution in [0.25, 0.3) is 0 Å². The van der Waals surface area contributed by atoms with Gasteiger partial charge in [0.25, 0.3) is 11.8 Å². The molecule has 28 heavy (non-hydrogen) atoms. The fourth-order valence-corrected chi connectivity index (χ4v) is 3.03. The number of nitrogens with zero attached hydrogens (tertiary/aromatic N) is 1. The van der Waals surface area contributed by atoms with Gasteiger partial charge in [-0.05, 0) is 37.3 Å². The quantitative estimate of drug-likeness (QED) is 0.700. The molecule has 150 valence electrons. The van der Waals surface area contributed by atoms with Gasteiger partial charge in [0, 0.05) is 19.7 Å². The summed E-state index contributed by atoms with van der Waals surface area (Å²) < 4.78 is 44.1. The van der Waals surface area contributed by atoms with Gasteiger partial charge in [0.05, 0.1) is 4.90 Å². The van der Waals surface area contributed by atoms with Crippen molar-refractivity contribution >= 4 is 21.8 Å². The Hall–Kier alpha value is -2.98. The molecule has 0 unspecified atom stereocenters. The molecule has 0 aliphatic rings. The highest BCUT2D eigenvalue weighted by molar-refractivity contribution is 7.89. The molecule has 10 heteroatoms. The molecule has 2 N–H and O–H groups in total. The predicted molar refractivity (Wildman–Crippen MR) is 99.4 cm³/mol. The topological polar surface area (TPSA) is 105 Å². The van der Waals surface area contributed by atoms with Crippen molar-refractivity contribution in [2.24, 2.45) is 0 Å². The summed E-state index contributed by atoms with van der Waals surface area (Å²) in [7, 11) is -0.957. The van der Waals surface area contributed by atoms with E-state index in [0.717, 1.165) is 4.31 Å². The number of carbonyl (C=O) groups is 2. The van der Waals surface area contributed by atoms with Gasteiger partial charge in [-0.15, -0.1) is 0 Å². The maximum absolute atomic E-state index is 13.6. The minimum atomic E-state index is -3.71. The SMILES string of the molecule is C[C@H](Oc1ccccc1F)C(=O)NNC(=O)c1cccc(S(=O)(=O)N(C)C)c1. The molecule has 0 bridgehead atoms. The lowest BCUT2D eigenvalue weighted by molar-refractivity contribution is -0.128. The van der Waals surface area contributed by atoms with Gasteiger partial charge in [0.2, 0.25) is 10.0 Å². The molecule has 0 aliphatic carbocycles. The molecule has 0 fully saturated rings. The zero-order valence-electron chi connectivity index (χ0n) is 15.5. The molecule has 0 spiro atoms. The van der Waals surface area contributed by atoms with Gasteiger partial charge in [-0.1, -0.05) is 18.2 Å². The van der Waals surface area contributed by atoms with E-state index in [9.17, 15) is 22.4 Å². The first-order chi connectivity index (χ1) is 13.1. The van der Waals surface area contributed by atoms with Crippen LogP contribution in [0.15, 0.2) is 53.4 Å². The summed E-state index contributed by atoms with van der Waals surface area (Å²) in [6, 6.07) is 11.0. The van der Waals surface area contributed by atoms with Gasteiger partial charge in [0.1, 0.15) is 0 Å². The third-order valence-corrected chi connectivity index (χ3v) is 5.49. The summed E-state index contributed by atoms with van der Waals surface area (Å²) >= 11 is 0. The number of para-hydroxylation sites is 1. The van der Waals surface area contributed by atoms with E-state index >= 15 is 0 Å². The molecule has 0 heterocycles. The van der Waals surface area contributed by atoms with Crippen LogP contribution in [0.5, 0.6) is 5.75 Å². The number of hydrogen-bond donors (Lipinski definition) is 2. The van der Waals surface area contributed by atoms with Gasteiger partial charge >= 0.3 is 0 Å². The lowest BCUT2D eigenvalue weighted by Gasteiger charge is -2.16. The molecule has 2 aromatic carbocycles. The van der Waals surface area contributed by atoms with E-state index in [0.29, 0.717) is 0 Å². The molecule has 2 rings (SSSR count). The monoisotopic (exact) mass is 409 g/mol. The van der Waals surface area contributed by atoms with E-state index in [1.165, 1.54) is 63.5 Å². The Kier molecular flexibility index (Phi) is 6.71. The summed E-state index contributed by atoms with van der Waals surface area (Å²) in [5.41, 5.74) is 4.36. The van der Waals surface area contributed by atoms with Crippen LogP contribution in [-0.2, 0) is 14.8 Å². The van der Waals surface area contributed by atoms with E-state index in [1.54, 1.807) is 6.07 Å². The Morgan fingerprint density at radius 2 is 1.75 bits per heavy atom.